The van der Waals surface area contributed by atoms with Gasteiger partial charge in [-0.3, -0.25) is 9.59 Å². The molecule has 0 aliphatic rings. The molecule has 2 N–H and O–H groups in total. The molecule has 2 atom stereocenters. The second-order valence-electron chi connectivity index (χ2n) is 12.8. The molecule has 0 heterocycles. The number of nitrogens with one attached hydrogen (secondary N) is 1. The maximum Gasteiger partial charge on any atom is 0.188 e. The van der Waals surface area contributed by atoms with Crippen LogP contribution in [-0.4, -0.2) is 35.4 Å². The molecule has 0 amide bonds. The molecule has 0 aromatic heterocycles. The van der Waals surface area contributed by atoms with E-state index in [1.165, 1.54) is 135 Å². The summed E-state index contributed by atoms with van der Waals surface area (Å²) in [6.07, 6.45) is 33.3. The predicted octanol–water partition coefficient (Wildman–Crippen LogP) is 10.8. The van der Waals surface area contributed by atoms with Crippen molar-refractivity contribution in [2.75, 3.05) is 7.05 Å². The van der Waals surface area contributed by atoms with Gasteiger partial charge in [0.1, 0.15) is 11.6 Å². The summed E-state index contributed by atoms with van der Waals surface area (Å²) < 4.78 is 0. The maximum absolute atomic E-state index is 13.2. The van der Waals surface area contributed by atoms with E-state index in [2.05, 4.69) is 19.2 Å². The lowest BCUT2D eigenvalue weighted by molar-refractivity contribution is -0.142. The highest BCUT2D eigenvalue weighted by atomic mass is 16.3. The zero-order valence-electron chi connectivity index (χ0n) is 28.3. The second-order valence-corrected chi connectivity index (χ2v) is 12.8. The van der Waals surface area contributed by atoms with Crippen molar-refractivity contribution in [1.82, 2.24) is 5.32 Å². The normalized spacial score (nSPS) is 13.8. The van der Waals surface area contributed by atoms with E-state index in [0.717, 1.165) is 32.1 Å². The van der Waals surface area contributed by atoms with Crippen molar-refractivity contribution in [2.45, 2.75) is 219 Å². The Morgan fingerprint density at radius 1 is 0.537 bits per heavy atom. The first-order chi connectivity index (χ1) is 20.0. The van der Waals surface area contributed by atoms with Crippen molar-refractivity contribution in [3.63, 3.8) is 0 Å². The Morgan fingerprint density at radius 3 is 1.17 bits per heavy atom. The zero-order valence-corrected chi connectivity index (χ0v) is 28.3. The van der Waals surface area contributed by atoms with E-state index in [1.54, 1.807) is 7.05 Å². The molecule has 0 aliphatic heterocycles. The Kier molecular flexibility index (Phi) is 28.8. The topological polar surface area (TPSA) is 66.4 Å². The summed E-state index contributed by atoms with van der Waals surface area (Å²) in [7, 11) is 1.70. The third kappa shape index (κ3) is 20.7. The molecule has 41 heavy (non-hydrogen) atoms. The number of likely N-dealkylation sites (N-methyl/N-ethyl adjacent to an activating group) is 1. The first-order valence-corrected chi connectivity index (χ1v) is 18.4. The van der Waals surface area contributed by atoms with Gasteiger partial charge in [0.05, 0.1) is 0 Å². The number of unbranched alkanes of at least 4 members (excludes halogenated alkanes) is 24. The molecule has 0 rings (SSSR count). The fourth-order valence-corrected chi connectivity index (χ4v) is 6.24. The molecular weight excluding hydrogens is 506 g/mol. The van der Waals surface area contributed by atoms with Crippen LogP contribution < -0.4 is 5.32 Å². The van der Waals surface area contributed by atoms with Gasteiger partial charge in [0.25, 0.3) is 0 Å². The number of hydrogen-bond donors (Lipinski definition) is 2. The number of hydrogen-bond acceptors (Lipinski definition) is 4. The molecule has 4 heteroatoms. The summed E-state index contributed by atoms with van der Waals surface area (Å²) >= 11 is 0. The molecule has 0 aromatic rings. The summed E-state index contributed by atoms with van der Waals surface area (Å²) in [5.41, 5.74) is -1.23. The van der Waals surface area contributed by atoms with Crippen LogP contribution in [0, 0.1) is 0 Å². The standard InChI is InChI=1S/C37H73NO3/c1-5-8-10-12-14-16-18-20-22-24-26-28-30-32-34(39)36(41)37(7-3,38-4)35(40)33-31-29-27-25-23-21-19-17-15-13-11-9-6-2/h34,38-39H,5-33H2,1-4H3. The lowest BCUT2D eigenvalue weighted by atomic mass is 9.80. The van der Waals surface area contributed by atoms with Crippen LogP contribution >= 0.6 is 0 Å². The summed E-state index contributed by atoms with van der Waals surface area (Å²) in [6.45, 7) is 6.42. The number of ketones is 2. The lowest BCUT2D eigenvalue weighted by Crippen LogP contribution is -2.59. The minimum Gasteiger partial charge on any atom is -0.385 e. The summed E-state index contributed by atoms with van der Waals surface area (Å²) in [6, 6.07) is 0. The quantitative estimate of drug-likeness (QED) is 0.0599. The maximum atomic E-state index is 13.2. The fraction of sp³-hybridized carbons (Fsp3) is 0.946. The smallest absolute Gasteiger partial charge is 0.188 e. The Bertz CT molecular complexity index is 587. The number of Topliss-reactive ketones (excluding diaryl/α,β-unsaturated/α-hetero) is 2. The van der Waals surface area contributed by atoms with Gasteiger partial charge >= 0.3 is 0 Å². The van der Waals surface area contributed by atoms with Crippen molar-refractivity contribution < 1.29 is 14.7 Å². The predicted molar refractivity (Wildman–Crippen MR) is 179 cm³/mol. The summed E-state index contributed by atoms with van der Waals surface area (Å²) in [5, 5.41) is 13.7. The number of aliphatic hydroxyl groups is 1. The Hall–Kier alpha value is -0.740. The van der Waals surface area contributed by atoms with Crippen LogP contribution in [0.25, 0.3) is 0 Å². The molecule has 0 fully saturated rings. The third-order valence-electron chi connectivity index (χ3n) is 9.24. The Morgan fingerprint density at radius 2 is 0.854 bits per heavy atom. The van der Waals surface area contributed by atoms with Gasteiger partial charge in [-0.1, -0.05) is 181 Å². The molecule has 0 bridgehead atoms. The van der Waals surface area contributed by atoms with Crippen LogP contribution in [0.2, 0.25) is 0 Å². The minimum atomic E-state index is -1.23. The van der Waals surface area contributed by atoms with Crippen molar-refractivity contribution >= 4 is 11.6 Å². The van der Waals surface area contributed by atoms with Gasteiger partial charge in [0.15, 0.2) is 11.6 Å². The molecule has 0 saturated heterocycles. The monoisotopic (exact) mass is 580 g/mol. The molecule has 244 valence electrons. The number of rotatable bonds is 33. The fourth-order valence-electron chi connectivity index (χ4n) is 6.24. The largest absolute Gasteiger partial charge is 0.385 e. The van der Waals surface area contributed by atoms with Crippen LogP contribution in [0.3, 0.4) is 0 Å². The van der Waals surface area contributed by atoms with Gasteiger partial charge in [-0.25, -0.2) is 0 Å². The average molecular weight is 580 g/mol. The highest BCUT2D eigenvalue weighted by Crippen LogP contribution is 2.22. The summed E-state index contributed by atoms with van der Waals surface area (Å²) in [4.78, 5) is 26.4. The molecular formula is C37H73NO3. The van der Waals surface area contributed by atoms with Gasteiger partial charge in [-0.05, 0) is 26.3 Å². The van der Waals surface area contributed by atoms with E-state index in [-0.39, 0.29) is 11.6 Å². The van der Waals surface area contributed by atoms with Crippen molar-refractivity contribution in [3.8, 4) is 0 Å². The highest BCUT2D eigenvalue weighted by Gasteiger charge is 2.44. The summed E-state index contributed by atoms with van der Waals surface area (Å²) in [5.74, 6) is -0.360. The van der Waals surface area contributed by atoms with E-state index in [1.807, 2.05) is 6.92 Å². The van der Waals surface area contributed by atoms with Crippen LogP contribution in [0.5, 0.6) is 0 Å². The lowest BCUT2D eigenvalue weighted by Gasteiger charge is -2.31. The Balaban J connectivity index is 4.00. The van der Waals surface area contributed by atoms with Crippen molar-refractivity contribution in [3.05, 3.63) is 0 Å². The van der Waals surface area contributed by atoms with Gasteiger partial charge in [-0.2, -0.15) is 0 Å². The molecule has 0 saturated carbocycles. The van der Waals surface area contributed by atoms with E-state index in [9.17, 15) is 14.7 Å². The van der Waals surface area contributed by atoms with E-state index in [0.29, 0.717) is 19.3 Å². The third-order valence-corrected chi connectivity index (χ3v) is 9.24. The van der Waals surface area contributed by atoms with Crippen LogP contribution in [-0.2, 0) is 9.59 Å². The molecule has 0 spiro atoms. The first-order valence-electron chi connectivity index (χ1n) is 18.4. The van der Waals surface area contributed by atoms with Crippen molar-refractivity contribution in [2.24, 2.45) is 0 Å². The number of aliphatic hydroxyl groups excluding tert-OH is 1. The van der Waals surface area contributed by atoms with E-state index in [4.69, 9.17) is 0 Å². The molecule has 2 unspecified atom stereocenters. The van der Waals surface area contributed by atoms with Crippen LogP contribution in [0.15, 0.2) is 0 Å². The highest BCUT2D eigenvalue weighted by molar-refractivity contribution is 6.13. The molecule has 0 aromatic carbocycles. The van der Waals surface area contributed by atoms with Gasteiger partial charge in [0.2, 0.25) is 0 Å². The first kappa shape index (κ1) is 40.3. The van der Waals surface area contributed by atoms with E-state index >= 15 is 0 Å². The average Bonchev–Trinajstić information content (AvgIpc) is 2.98. The van der Waals surface area contributed by atoms with Gasteiger partial charge in [0, 0.05) is 6.42 Å². The number of carbonyl (C=O) groups is 2. The van der Waals surface area contributed by atoms with Gasteiger partial charge < -0.3 is 10.4 Å². The molecule has 4 nitrogen and oxygen atoms in total. The Labute approximate surface area is 257 Å². The SMILES string of the molecule is CCCCCCCCCCCCCCCC(=O)C(CC)(NC)C(=O)C(O)CCCCCCCCCCCCCCC. The number of carbonyl (C=O) groups excluding carboxylic acids is 2. The minimum absolute atomic E-state index is 0.0417. The van der Waals surface area contributed by atoms with Crippen molar-refractivity contribution in [1.29, 1.82) is 0 Å². The molecule has 0 aliphatic carbocycles. The second kappa shape index (κ2) is 29.3. The zero-order chi connectivity index (χ0) is 30.4. The van der Waals surface area contributed by atoms with Gasteiger partial charge in [-0.15, -0.1) is 0 Å². The van der Waals surface area contributed by atoms with Crippen LogP contribution in [0.1, 0.15) is 207 Å². The van der Waals surface area contributed by atoms with Crippen LogP contribution in [0.4, 0.5) is 0 Å². The molecule has 0 radical (unpaired) electrons. The van der Waals surface area contributed by atoms with E-state index < -0.39 is 11.6 Å².